The number of carbonyl (C=O) groups is 1. The highest BCUT2D eigenvalue weighted by molar-refractivity contribution is 8.13. The maximum absolute atomic E-state index is 12.3. The van der Waals surface area contributed by atoms with Crippen LogP contribution in [-0.2, 0) is 9.05 Å². The molecule has 0 spiro atoms. The molecular formula is C13H17Cl2NO3S. The third kappa shape index (κ3) is 4.65. The van der Waals surface area contributed by atoms with Crippen molar-refractivity contribution in [1.29, 1.82) is 0 Å². The molecule has 0 saturated carbocycles. The van der Waals surface area contributed by atoms with Crippen LogP contribution < -0.4 is 0 Å². The number of hydrogen-bond acceptors (Lipinski definition) is 3. The van der Waals surface area contributed by atoms with Gasteiger partial charge in [0.1, 0.15) is 0 Å². The van der Waals surface area contributed by atoms with Crippen molar-refractivity contribution in [2.45, 2.75) is 25.2 Å². The van der Waals surface area contributed by atoms with Crippen LogP contribution in [-0.4, -0.2) is 32.8 Å². The molecule has 1 aromatic rings. The van der Waals surface area contributed by atoms with Gasteiger partial charge in [-0.25, -0.2) is 8.42 Å². The lowest BCUT2D eigenvalue weighted by Gasteiger charge is -2.19. The van der Waals surface area contributed by atoms with Crippen LogP contribution in [0.1, 0.15) is 30.6 Å². The van der Waals surface area contributed by atoms with Crippen LogP contribution in [0, 0.1) is 5.92 Å². The zero-order chi connectivity index (χ0) is 15.5. The Morgan fingerprint density at radius 1 is 1.35 bits per heavy atom. The van der Waals surface area contributed by atoms with Crippen molar-refractivity contribution >= 4 is 37.2 Å². The van der Waals surface area contributed by atoms with Gasteiger partial charge in [-0.3, -0.25) is 4.79 Å². The fraction of sp³-hybridized carbons (Fsp3) is 0.462. The van der Waals surface area contributed by atoms with Crippen LogP contribution in [0.4, 0.5) is 0 Å². The van der Waals surface area contributed by atoms with Crippen LogP contribution in [0.5, 0.6) is 0 Å². The predicted molar refractivity (Wildman–Crippen MR) is 80.9 cm³/mol. The first kappa shape index (κ1) is 17.3. The van der Waals surface area contributed by atoms with E-state index in [1.54, 1.807) is 7.05 Å². The van der Waals surface area contributed by atoms with E-state index in [1.807, 2.05) is 0 Å². The Bertz CT molecular complexity index is 600. The Balaban J connectivity index is 3.03. The van der Waals surface area contributed by atoms with Crippen molar-refractivity contribution in [1.82, 2.24) is 4.90 Å². The SMILES string of the molecule is CC(C)CCN(C)C(=O)c1cc(S(=O)(=O)Cl)ccc1Cl. The Morgan fingerprint density at radius 3 is 2.45 bits per heavy atom. The monoisotopic (exact) mass is 337 g/mol. The molecule has 0 aliphatic rings. The summed E-state index contributed by atoms with van der Waals surface area (Å²) in [6.45, 7) is 4.70. The molecule has 0 N–H and O–H groups in total. The number of halogens is 2. The first-order valence-corrected chi connectivity index (χ1v) is 8.81. The highest BCUT2D eigenvalue weighted by Gasteiger charge is 2.19. The van der Waals surface area contributed by atoms with E-state index in [0.717, 1.165) is 6.42 Å². The molecule has 0 unspecified atom stereocenters. The molecule has 0 heterocycles. The van der Waals surface area contributed by atoms with E-state index in [1.165, 1.54) is 23.1 Å². The average Bonchev–Trinajstić information content (AvgIpc) is 2.34. The summed E-state index contributed by atoms with van der Waals surface area (Å²) in [6, 6.07) is 3.84. The van der Waals surface area contributed by atoms with Crippen LogP contribution in [0.15, 0.2) is 23.1 Å². The molecule has 0 atom stereocenters. The molecule has 0 aliphatic heterocycles. The highest BCUT2D eigenvalue weighted by atomic mass is 35.7. The smallest absolute Gasteiger partial charge is 0.261 e. The summed E-state index contributed by atoms with van der Waals surface area (Å²) in [7, 11) is 3.05. The number of rotatable bonds is 5. The standard InChI is InChI=1S/C13H17Cl2NO3S/c1-9(2)6-7-16(3)13(17)11-8-10(20(15,18)19)4-5-12(11)14/h4-5,8-9H,6-7H2,1-3H3. The number of hydrogen-bond donors (Lipinski definition) is 0. The fourth-order valence-electron chi connectivity index (χ4n) is 1.58. The first-order chi connectivity index (χ1) is 9.12. The normalized spacial score (nSPS) is 11.7. The van der Waals surface area contributed by atoms with Gasteiger partial charge in [-0.05, 0) is 30.5 Å². The summed E-state index contributed by atoms with van der Waals surface area (Å²) in [4.78, 5) is 13.6. The van der Waals surface area contributed by atoms with E-state index in [9.17, 15) is 13.2 Å². The zero-order valence-electron chi connectivity index (χ0n) is 11.6. The molecule has 0 fully saturated rings. The van der Waals surface area contributed by atoms with Crippen molar-refractivity contribution in [3.05, 3.63) is 28.8 Å². The van der Waals surface area contributed by atoms with Crippen LogP contribution in [0.25, 0.3) is 0 Å². The fourth-order valence-corrected chi connectivity index (χ4v) is 2.55. The summed E-state index contributed by atoms with van der Waals surface area (Å²) in [6.07, 6.45) is 0.855. The van der Waals surface area contributed by atoms with Crippen molar-refractivity contribution in [2.75, 3.05) is 13.6 Å². The third-order valence-electron chi connectivity index (χ3n) is 2.84. The maximum Gasteiger partial charge on any atom is 0.261 e. The van der Waals surface area contributed by atoms with Gasteiger partial charge in [-0.2, -0.15) is 0 Å². The maximum atomic E-state index is 12.3. The van der Waals surface area contributed by atoms with E-state index in [-0.39, 0.29) is 21.4 Å². The molecule has 20 heavy (non-hydrogen) atoms. The molecule has 1 rings (SSSR count). The van der Waals surface area contributed by atoms with Gasteiger partial charge in [0.05, 0.1) is 15.5 Å². The molecule has 112 valence electrons. The van der Waals surface area contributed by atoms with Crippen molar-refractivity contribution in [2.24, 2.45) is 5.92 Å². The molecule has 0 saturated heterocycles. The van der Waals surface area contributed by atoms with Crippen molar-refractivity contribution < 1.29 is 13.2 Å². The summed E-state index contributed by atoms with van der Waals surface area (Å²) >= 11 is 5.96. The van der Waals surface area contributed by atoms with Gasteiger partial charge in [-0.1, -0.05) is 25.4 Å². The molecule has 7 heteroatoms. The second-order valence-electron chi connectivity index (χ2n) is 4.99. The van der Waals surface area contributed by atoms with Crippen LogP contribution in [0.2, 0.25) is 5.02 Å². The third-order valence-corrected chi connectivity index (χ3v) is 4.52. The van der Waals surface area contributed by atoms with Crippen LogP contribution >= 0.6 is 22.3 Å². The van der Waals surface area contributed by atoms with E-state index in [0.29, 0.717) is 12.5 Å². The summed E-state index contributed by atoms with van der Waals surface area (Å²) in [5, 5.41) is 0.204. The van der Waals surface area contributed by atoms with Crippen LogP contribution in [0.3, 0.4) is 0 Å². The predicted octanol–water partition coefficient (Wildman–Crippen LogP) is 3.39. The first-order valence-electron chi connectivity index (χ1n) is 6.12. The summed E-state index contributed by atoms with van der Waals surface area (Å²) < 4.78 is 22.6. The molecule has 0 aromatic heterocycles. The number of carbonyl (C=O) groups excluding carboxylic acids is 1. The largest absolute Gasteiger partial charge is 0.342 e. The van der Waals surface area contributed by atoms with Gasteiger partial charge >= 0.3 is 0 Å². The minimum Gasteiger partial charge on any atom is -0.342 e. The lowest BCUT2D eigenvalue weighted by molar-refractivity contribution is 0.0789. The molecule has 1 aromatic carbocycles. The van der Waals surface area contributed by atoms with Gasteiger partial charge in [-0.15, -0.1) is 0 Å². The number of amides is 1. The van der Waals surface area contributed by atoms with Gasteiger partial charge in [0.2, 0.25) is 0 Å². The Hall–Kier alpha value is -0.780. The number of nitrogens with zero attached hydrogens (tertiary/aromatic N) is 1. The van der Waals surface area contributed by atoms with E-state index in [2.05, 4.69) is 13.8 Å². The molecule has 0 radical (unpaired) electrons. The minimum absolute atomic E-state index is 0.135. The molecule has 4 nitrogen and oxygen atoms in total. The highest BCUT2D eigenvalue weighted by Crippen LogP contribution is 2.24. The molecule has 0 aliphatic carbocycles. The topological polar surface area (TPSA) is 54.5 Å². The molecule has 0 bridgehead atoms. The second-order valence-corrected chi connectivity index (χ2v) is 7.96. The lowest BCUT2D eigenvalue weighted by atomic mass is 10.1. The van der Waals surface area contributed by atoms with Crippen molar-refractivity contribution in [3.8, 4) is 0 Å². The second kappa shape index (κ2) is 6.78. The molecule has 1 amide bonds. The van der Waals surface area contributed by atoms with Gasteiger partial charge in [0, 0.05) is 24.3 Å². The van der Waals surface area contributed by atoms with E-state index >= 15 is 0 Å². The quantitative estimate of drug-likeness (QED) is 0.774. The van der Waals surface area contributed by atoms with Gasteiger partial charge in [0.25, 0.3) is 15.0 Å². The van der Waals surface area contributed by atoms with Gasteiger partial charge < -0.3 is 4.90 Å². The molecular weight excluding hydrogens is 321 g/mol. The number of benzene rings is 1. The lowest BCUT2D eigenvalue weighted by Crippen LogP contribution is -2.28. The Morgan fingerprint density at radius 2 is 1.95 bits per heavy atom. The summed E-state index contributed by atoms with van der Waals surface area (Å²) in [5.41, 5.74) is 0.139. The Labute approximate surface area is 129 Å². The van der Waals surface area contributed by atoms with E-state index < -0.39 is 9.05 Å². The average molecular weight is 338 g/mol. The summed E-state index contributed by atoms with van der Waals surface area (Å²) in [5.74, 6) is 0.146. The minimum atomic E-state index is -3.88. The van der Waals surface area contributed by atoms with Crippen molar-refractivity contribution in [3.63, 3.8) is 0 Å². The Kier molecular flexibility index (Phi) is 5.86. The van der Waals surface area contributed by atoms with Gasteiger partial charge in [0.15, 0.2) is 0 Å². The van der Waals surface area contributed by atoms with E-state index in [4.69, 9.17) is 22.3 Å². The zero-order valence-corrected chi connectivity index (χ0v) is 13.9.